The number of hydrogen-bond acceptors (Lipinski definition) is 5. The van der Waals surface area contributed by atoms with Crippen molar-refractivity contribution in [3.63, 3.8) is 0 Å². The number of carbonyl (C=O) groups excluding carboxylic acids is 1. The third-order valence-electron chi connectivity index (χ3n) is 4.86. The van der Waals surface area contributed by atoms with E-state index in [0.717, 1.165) is 17.1 Å². The number of halogens is 1. The van der Waals surface area contributed by atoms with Gasteiger partial charge in [-0.25, -0.2) is 0 Å². The van der Waals surface area contributed by atoms with Crippen LogP contribution in [0, 0.1) is 0 Å². The molecule has 1 fully saturated rings. The van der Waals surface area contributed by atoms with Gasteiger partial charge in [0.25, 0.3) is 5.91 Å². The number of rotatable bonds is 5. The van der Waals surface area contributed by atoms with E-state index in [1.54, 1.807) is 0 Å². The van der Waals surface area contributed by atoms with Crippen LogP contribution in [-0.4, -0.2) is 53.8 Å². The summed E-state index contributed by atoms with van der Waals surface area (Å²) in [6.45, 7) is 2.72. The van der Waals surface area contributed by atoms with E-state index >= 15 is 0 Å². The Labute approximate surface area is 174 Å². The van der Waals surface area contributed by atoms with E-state index < -0.39 is 0 Å². The van der Waals surface area contributed by atoms with Crippen LogP contribution in [0.2, 0.25) is 5.02 Å². The molecule has 1 aliphatic rings. The first-order valence-electron chi connectivity index (χ1n) is 9.50. The fourth-order valence-corrected chi connectivity index (χ4v) is 3.48. The predicted molar refractivity (Wildman–Crippen MR) is 113 cm³/mol. The van der Waals surface area contributed by atoms with Crippen molar-refractivity contribution in [2.75, 3.05) is 37.7 Å². The number of amides is 1. The minimum Gasteiger partial charge on any atom is -0.484 e. The number of hydrogen-bond donors (Lipinski definition) is 0. The first-order valence-corrected chi connectivity index (χ1v) is 9.88. The maximum Gasteiger partial charge on any atom is 0.260 e. The fraction of sp³-hybridized carbons (Fsp3) is 0.227. The Balaban J connectivity index is 1.31. The second kappa shape index (κ2) is 8.92. The molecule has 2 aromatic carbocycles. The largest absolute Gasteiger partial charge is 0.484 e. The maximum absolute atomic E-state index is 12.4. The quantitative estimate of drug-likeness (QED) is 0.646. The monoisotopic (exact) mass is 408 g/mol. The number of anilines is 1. The number of nitrogens with zero attached hydrogens (tertiary/aromatic N) is 4. The van der Waals surface area contributed by atoms with Gasteiger partial charge in [0.05, 0.1) is 10.7 Å². The summed E-state index contributed by atoms with van der Waals surface area (Å²) < 4.78 is 5.56. The zero-order valence-electron chi connectivity index (χ0n) is 15.9. The second-order valence-corrected chi connectivity index (χ2v) is 7.13. The van der Waals surface area contributed by atoms with Crippen LogP contribution in [0.4, 0.5) is 5.82 Å². The van der Waals surface area contributed by atoms with Crippen LogP contribution in [0.3, 0.4) is 0 Å². The molecular formula is C22H21ClN4O2. The molecule has 0 bridgehead atoms. The molecule has 0 atom stereocenters. The Hall–Kier alpha value is -3.12. The van der Waals surface area contributed by atoms with Crippen molar-refractivity contribution in [1.82, 2.24) is 15.1 Å². The van der Waals surface area contributed by atoms with Crippen molar-refractivity contribution in [3.8, 4) is 17.0 Å². The molecule has 0 radical (unpaired) electrons. The third kappa shape index (κ3) is 4.66. The molecule has 0 aliphatic carbocycles. The molecule has 148 valence electrons. The zero-order valence-corrected chi connectivity index (χ0v) is 16.6. The maximum atomic E-state index is 12.4. The second-order valence-electron chi connectivity index (χ2n) is 6.73. The highest BCUT2D eigenvalue weighted by Crippen LogP contribution is 2.26. The highest BCUT2D eigenvalue weighted by atomic mass is 35.5. The van der Waals surface area contributed by atoms with Gasteiger partial charge in [0.1, 0.15) is 5.75 Å². The number of piperazine rings is 1. The smallest absolute Gasteiger partial charge is 0.260 e. The molecule has 4 rings (SSSR count). The van der Waals surface area contributed by atoms with Crippen LogP contribution in [0.1, 0.15) is 0 Å². The van der Waals surface area contributed by atoms with Gasteiger partial charge in [-0.1, -0.05) is 48.0 Å². The first kappa shape index (κ1) is 19.2. The highest BCUT2D eigenvalue weighted by molar-refractivity contribution is 6.33. The Morgan fingerprint density at radius 1 is 0.897 bits per heavy atom. The fourth-order valence-electron chi connectivity index (χ4n) is 3.24. The molecule has 6 nitrogen and oxygen atoms in total. The van der Waals surface area contributed by atoms with Crippen molar-refractivity contribution in [1.29, 1.82) is 0 Å². The van der Waals surface area contributed by atoms with Crippen LogP contribution in [0.5, 0.6) is 5.75 Å². The number of carbonyl (C=O) groups is 1. The summed E-state index contributed by atoms with van der Waals surface area (Å²) in [5, 5.41) is 9.33. The number of aromatic nitrogens is 2. The van der Waals surface area contributed by atoms with E-state index in [1.807, 2.05) is 71.6 Å². The van der Waals surface area contributed by atoms with Crippen LogP contribution in [0.25, 0.3) is 11.3 Å². The third-order valence-corrected chi connectivity index (χ3v) is 5.19. The summed E-state index contributed by atoms with van der Waals surface area (Å²) in [5.41, 5.74) is 1.60. The molecule has 0 N–H and O–H groups in total. The van der Waals surface area contributed by atoms with Crippen LogP contribution < -0.4 is 9.64 Å². The van der Waals surface area contributed by atoms with Crippen LogP contribution in [-0.2, 0) is 4.79 Å². The van der Waals surface area contributed by atoms with Gasteiger partial charge in [-0.2, -0.15) is 0 Å². The lowest BCUT2D eigenvalue weighted by Gasteiger charge is -2.35. The van der Waals surface area contributed by atoms with Gasteiger partial charge in [0.15, 0.2) is 12.4 Å². The summed E-state index contributed by atoms with van der Waals surface area (Å²) in [7, 11) is 0. The van der Waals surface area contributed by atoms with Crippen molar-refractivity contribution in [2.24, 2.45) is 0 Å². The molecule has 1 aliphatic heterocycles. The molecule has 2 heterocycles. The molecule has 1 amide bonds. The summed E-state index contributed by atoms with van der Waals surface area (Å²) in [5.74, 6) is 1.50. The normalized spacial score (nSPS) is 14.0. The van der Waals surface area contributed by atoms with Gasteiger partial charge in [-0.15, -0.1) is 10.2 Å². The summed E-state index contributed by atoms with van der Waals surface area (Å²) in [6.07, 6.45) is 0. The molecular weight excluding hydrogens is 388 g/mol. The summed E-state index contributed by atoms with van der Waals surface area (Å²) >= 11 is 6.23. The molecule has 0 unspecified atom stereocenters. The average Bonchev–Trinajstić information content (AvgIpc) is 2.79. The Bertz CT molecular complexity index is 958. The summed E-state index contributed by atoms with van der Waals surface area (Å²) in [6, 6.07) is 20.8. The average molecular weight is 409 g/mol. The standard InChI is InChI=1S/C22H21ClN4O2/c23-19-9-5-4-8-18(19)20-10-11-21(25-24-20)26-12-14-27(15-13-26)22(28)16-29-17-6-2-1-3-7-17/h1-11H,12-16H2. The van der Waals surface area contributed by atoms with E-state index in [9.17, 15) is 4.79 Å². The van der Waals surface area contributed by atoms with Gasteiger partial charge >= 0.3 is 0 Å². The van der Waals surface area contributed by atoms with E-state index in [4.69, 9.17) is 16.3 Å². The lowest BCUT2D eigenvalue weighted by Crippen LogP contribution is -2.50. The Morgan fingerprint density at radius 3 is 2.31 bits per heavy atom. The van der Waals surface area contributed by atoms with Crippen molar-refractivity contribution < 1.29 is 9.53 Å². The van der Waals surface area contributed by atoms with Crippen molar-refractivity contribution in [2.45, 2.75) is 0 Å². The molecule has 1 saturated heterocycles. The van der Waals surface area contributed by atoms with Gasteiger partial charge < -0.3 is 14.5 Å². The molecule has 7 heteroatoms. The van der Waals surface area contributed by atoms with Gasteiger partial charge in [-0.05, 0) is 30.3 Å². The number of ether oxygens (including phenoxy) is 1. The molecule has 1 aromatic heterocycles. The summed E-state index contributed by atoms with van der Waals surface area (Å²) in [4.78, 5) is 16.3. The molecule has 3 aromatic rings. The SMILES string of the molecule is O=C(COc1ccccc1)N1CCN(c2ccc(-c3ccccc3Cl)nn2)CC1. The number of para-hydroxylation sites is 1. The lowest BCUT2D eigenvalue weighted by atomic mass is 10.1. The Morgan fingerprint density at radius 2 is 1.62 bits per heavy atom. The minimum atomic E-state index is -0.00588. The zero-order chi connectivity index (χ0) is 20.1. The predicted octanol–water partition coefficient (Wildman–Crippen LogP) is 3.52. The van der Waals surface area contributed by atoms with Crippen LogP contribution in [0.15, 0.2) is 66.7 Å². The number of benzene rings is 2. The van der Waals surface area contributed by atoms with Crippen molar-refractivity contribution >= 4 is 23.3 Å². The topological polar surface area (TPSA) is 58.6 Å². The van der Waals surface area contributed by atoms with Gasteiger partial charge in [0, 0.05) is 31.7 Å². The van der Waals surface area contributed by atoms with E-state index in [1.165, 1.54) is 0 Å². The first-order chi connectivity index (χ1) is 14.2. The van der Waals surface area contributed by atoms with Gasteiger partial charge in [0.2, 0.25) is 0 Å². The lowest BCUT2D eigenvalue weighted by molar-refractivity contribution is -0.133. The molecule has 0 spiro atoms. The van der Waals surface area contributed by atoms with E-state index in [2.05, 4.69) is 15.1 Å². The minimum absolute atomic E-state index is 0.00588. The van der Waals surface area contributed by atoms with E-state index in [-0.39, 0.29) is 12.5 Å². The Kier molecular flexibility index (Phi) is 5.91. The van der Waals surface area contributed by atoms with E-state index in [0.29, 0.717) is 37.0 Å². The highest BCUT2D eigenvalue weighted by Gasteiger charge is 2.22. The molecule has 29 heavy (non-hydrogen) atoms. The van der Waals surface area contributed by atoms with Gasteiger partial charge in [-0.3, -0.25) is 4.79 Å². The van der Waals surface area contributed by atoms with Crippen LogP contribution >= 0.6 is 11.6 Å². The van der Waals surface area contributed by atoms with Crippen molar-refractivity contribution in [3.05, 3.63) is 71.8 Å². The molecule has 0 saturated carbocycles.